The van der Waals surface area contributed by atoms with E-state index in [0.29, 0.717) is 12.8 Å². The minimum absolute atomic E-state index is 0.213. The first-order valence-corrected chi connectivity index (χ1v) is 5.47. The number of hydrogen-bond acceptors (Lipinski definition) is 3. The van der Waals surface area contributed by atoms with Gasteiger partial charge in [-0.3, -0.25) is 9.59 Å². The summed E-state index contributed by atoms with van der Waals surface area (Å²) in [4.78, 5) is 33.2. The molecule has 2 amide bonds. The van der Waals surface area contributed by atoms with Crippen molar-refractivity contribution in [3.63, 3.8) is 0 Å². The number of hydrogen-bond donors (Lipinski definition) is 3. The minimum atomic E-state index is -1.25. The maximum absolute atomic E-state index is 11.7. The Kier molecular flexibility index (Phi) is 4.68. The van der Waals surface area contributed by atoms with E-state index in [4.69, 9.17) is 10.8 Å². The lowest BCUT2D eigenvalue weighted by atomic mass is 9.93. The lowest BCUT2D eigenvalue weighted by molar-refractivity contribution is -0.144. The Morgan fingerprint density at radius 1 is 1.41 bits per heavy atom. The third-order valence-electron chi connectivity index (χ3n) is 2.66. The Morgan fingerprint density at radius 3 is 2.59 bits per heavy atom. The first-order chi connectivity index (χ1) is 8.00. The number of rotatable bonds is 5. The molecule has 1 aliphatic rings. The molecule has 4 N–H and O–H groups in total. The van der Waals surface area contributed by atoms with E-state index in [0.717, 1.165) is 6.42 Å². The fourth-order valence-electron chi connectivity index (χ4n) is 1.72. The van der Waals surface area contributed by atoms with Crippen LogP contribution in [0, 0.1) is 5.92 Å². The summed E-state index contributed by atoms with van der Waals surface area (Å²) in [5.41, 5.74) is 4.92. The molecule has 1 unspecified atom stereocenters. The molecule has 6 nitrogen and oxygen atoms in total. The number of carboxylic acids is 1. The van der Waals surface area contributed by atoms with Crippen molar-refractivity contribution in [2.75, 3.05) is 0 Å². The predicted molar refractivity (Wildman–Crippen MR) is 59.9 cm³/mol. The van der Waals surface area contributed by atoms with E-state index < -0.39 is 17.9 Å². The zero-order valence-electron chi connectivity index (χ0n) is 9.39. The Bertz CT molecular complexity index is 351. The van der Waals surface area contributed by atoms with Gasteiger partial charge in [-0.05, 0) is 19.3 Å². The SMILES string of the molecule is NC(=O)C[C@@H](NC(=O)C1CC=CCC1)C(=O)O. The molecule has 0 spiro atoms. The third-order valence-corrected chi connectivity index (χ3v) is 2.66. The van der Waals surface area contributed by atoms with E-state index in [1.165, 1.54) is 0 Å². The van der Waals surface area contributed by atoms with Gasteiger partial charge in [0, 0.05) is 5.92 Å². The first kappa shape index (κ1) is 13.2. The van der Waals surface area contributed by atoms with Gasteiger partial charge in [-0.15, -0.1) is 0 Å². The molecule has 0 heterocycles. The molecule has 1 aliphatic carbocycles. The van der Waals surface area contributed by atoms with Gasteiger partial charge in [-0.25, -0.2) is 4.79 Å². The number of amides is 2. The molecule has 0 aromatic heterocycles. The fourth-order valence-corrected chi connectivity index (χ4v) is 1.72. The zero-order chi connectivity index (χ0) is 12.8. The van der Waals surface area contributed by atoms with Gasteiger partial charge in [0.2, 0.25) is 11.8 Å². The molecule has 2 atom stereocenters. The number of aliphatic carboxylic acids is 1. The van der Waals surface area contributed by atoms with Crippen LogP contribution in [0.5, 0.6) is 0 Å². The summed E-state index contributed by atoms with van der Waals surface area (Å²) in [6.45, 7) is 0. The molecule has 0 fully saturated rings. The van der Waals surface area contributed by atoms with Crippen LogP contribution in [0.2, 0.25) is 0 Å². The van der Waals surface area contributed by atoms with E-state index in [9.17, 15) is 14.4 Å². The van der Waals surface area contributed by atoms with Gasteiger partial charge in [0.1, 0.15) is 6.04 Å². The molecule has 0 bridgehead atoms. The van der Waals surface area contributed by atoms with E-state index in [2.05, 4.69) is 5.32 Å². The number of nitrogens with one attached hydrogen (secondary N) is 1. The molecule has 0 aliphatic heterocycles. The lowest BCUT2D eigenvalue weighted by Crippen LogP contribution is -2.45. The van der Waals surface area contributed by atoms with E-state index in [-0.39, 0.29) is 18.2 Å². The summed E-state index contributed by atoms with van der Waals surface area (Å²) in [5.74, 6) is -2.54. The van der Waals surface area contributed by atoms with Gasteiger partial charge >= 0.3 is 5.97 Å². The summed E-state index contributed by atoms with van der Waals surface area (Å²) in [6, 6.07) is -1.23. The highest BCUT2D eigenvalue weighted by Gasteiger charge is 2.26. The summed E-state index contributed by atoms with van der Waals surface area (Å²) >= 11 is 0. The first-order valence-electron chi connectivity index (χ1n) is 5.47. The minimum Gasteiger partial charge on any atom is -0.480 e. The molecule has 1 rings (SSSR count). The highest BCUT2D eigenvalue weighted by molar-refractivity contribution is 5.89. The highest BCUT2D eigenvalue weighted by Crippen LogP contribution is 2.18. The molecule has 0 aromatic carbocycles. The van der Waals surface area contributed by atoms with Crippen LogP contribution in [0.3, 0.4) is 0 Å². The smallest absolute Gasteiger partial charge is 0.326 e. The molecule has 0 aromatic rings. The van der Waals surface area contributed by atoms with Crippen molar-refractivity contribution >= 4 is 17.8 Å². The van der Waals surface area contributed by atoms with Crippen LogP contribution in [0.1, 0.15) is 25.7 Å². The summed E-state index contributed by atoms with van der Waals surface area (Å²) < 4.78 is 0. The maximum atomic E-state index is 11.7. The third kappa shape index (κ3) is 4.26. The van der Waals surface area contributed by atoms with Crippen LogP contribution in [0.25, 0.3) is 0 Å². The second-order valence-corrected chi connectivity index (χ2v) is 4.05. The Labute approximate surface area is 98.9 Å². The summed E-state index contributed by atoms with van der Waals surface area (Å²) in [7, 11) is 0. The highest BCUT2D eigenvalue weighted by atomic mass is 16.4. The van der Waals surface area contributed by atoms with Crippen LogP contribution in [-0.2, 0) is 14.4 Å². The number of carbonyl (C=O) groups excluding carboxylic acids is 2. The van der Waals surface area contributed by atoms with E-state index in [1.807, 2.05) is 12.2 Å². The van der Waals surface area contributed by atoms with Gasteiger partial charge < -0.3 is 16.2 Å². The molecular weight excluding hydrogens is 224 g/mol. The summed E-state index contributed by atoms with van der Waals surface area (Å²) in [6.07, 6.45) is 5.62. The maximum Gasteiger partial charge on any atom is 0.326 e. The van der Waals surface area contributed by atoms with Crippen molar-refractivity contribution in [3.05, 3.63) is 12.2 Å². The Hall–Kier alpha value is -1.85. The normalized spacial score (nSPS) is 20.6. The number of primary amides is 1. The van der Waals surface area contributed by atoms with Gasteiger partial charge in [-0.1, -0.05) is 12.2 Å². The van der Waals surface area contributed by atoms with Gasteiger partial charge in [0.15, 0.2) is 0 Å². The monoisotopic (exact) mass is 240 g/mol. The second-order valence-electron chi connectivity index (χ2n) is 4.05. The number of nitrogens with two attached hydrogens (primary N) is 1. The van der Waals surface area contributed by atoms with Crippen LogP contribution in [0.4, 0.5) is 0 Å². The van der Waals surface area contributed by atoms with Crippen molar-refractivity contribution in [3.8, 4) is 0 Å². The molecule has 6 heteroatoms. The molecule has 94 valence electrons. The standard InChI is InChI=1S/C11H16N2O4/c12-9(14)6-8(11(16)17)13-10(15)7-4-2-1-3-5-7/h1-2,7-8H,3-6H2,(H2,12,14)(H,13,15)(H,16,17)/t7?,8-/m1/s1. The Balaban J connectivity index is 2.54. The second kappa shape index (κ2) is 6.03. The zero-order valence-corrected chi connectivity index (χ0v) is 9.39. The van der Waals surface area contributed by atoms with Crippen molar-refractivity contribution in [2.24, 2.45) is 11.7 Å². The largest absolute Gasteiger partial charge is 0.480 e. The summed E-state index contributed by atoms with van der Waals surface area (Å²) in [5, 5.41) is 11.2. The molecule has 0 saturated heterocycles. The van der Waals surface area contributed by atoms with E-state index >= 15 is 0 Å². The van der Waals surface area contributed by atoms with Crippen molar-refractivity contribution in [1.29, 1.82) is 0 Å². The molecule has 0 saturated carbocycles. The van der Waals surface area contributed by atoms with Crippen LogP contribution in [0.15, 0.2) is 12.2 Å². The fraction of sp³-hybridized carbons (Fsp3) is 0.545. The molecule has 17 heavy (non-hydrogen) atoms. The number of carbonyl (C=O) groups is 3. The van der Waals surface area contributed by atoms with Crippen LogP contribution >= 0.6 is 0 Å². The van der Waals surface area contributed by atoms with Crippen LogP contribution in [-0.4, -0.2) is 28.9 Å². The average Bonchev–Trinajstić information content (AvgIpc) is 2.28. The molecule has 0 radical (unpaired) electrons. The van der Waals surface area contributed by atoms with Gasteiger partial charge in [-0.2, -0.15) is 0 Å². The quantitative estimate of drug-likeness (QED) is 0.577. The van der Waals surface area contributed by atoms with Crippen LogP contribution < -0.4 is 11.1 Å². The van der Waals surface area contributed by atoms with Crippen molar-refractivity contribution in [1.82, 2.24) is 5.32 Å². The lowest BCUT2D eigenvalue weighted by Gasteiger charge is -2.20. The number of allylic oxidation sites excluding steroid dienone is 2. The predicted octanol–water partition coefficient (Wildman–Crippen LogP) is -0.213. The van der Waals surface area contributed by atoms with Crippen molar-refractivity contribution in [2.45, 2.75) is 31.7 Å². The Morgan fingerprint density at radius 2 is 2.12 bits per heavy atom. The van der Waals surface area contributed by atoms with Crippen molar-refractivity contribution < 1.29 is 19.5 Å². The molecular formula is C11H16N2O4. The number of carboxylic acid groups (broad SMARTS) is 1. The average molecular weight is 240 g/mol. The topological polar surface area (TPSA) is 109 Å². The van der Waals surface area contributed by atoms with Gasteiger partial charge in [0.25, 0.3) is 0 Å². The van der Waals surface area contributed by atoms with E-state index in [1.54, 1.807) is 0 Å². The van der Waals surface area contributed by atoms with Gasteiger partial charge in [0.05, 0.1) is 6.42 Å².